The summed E-state index contributed by atoms with van der Waals surface area (Å²) in [5.41, 5.74) is 0.884. The van der Waals surface area contributed by atoms with Gasteiger partial charge < -0.3 is 9.54 Å². The summed E-state index contributed by atoms with van der Waals surface area (Å²) >= 11 is -1.90. The van der Waals surface area contributed by atoms with Crippen LogP contribution in [0.5, 0.6) is 0 Å². The molecule has 0 aliphatic rings. The Hall–Kier alpha value is -1.13. The predicted molar refractivity (Wildman–Crippen MR) is 47.3 cm³/mol. The number of hydrogen-bond donors (Lipinski definition) is 2. The SMILES string of the molecule is O=S(O)c1c[nH]c2ccccc12. The van der Waals surface area contributed by atoms with Gasteiger partial charge in [-0.05, 0) is 6.07 Å². The molecule has 0 aliphatic carbocycles. The first-order valence-electron chi connectivity index (χ1n) is 3.46. The number of benzene rings is 1. The second kappa shape index (κ2) is 2.73. The summed E-state index contributed by atoms with van der Waals surface area (Å²) in [5, 5.41) is 0.804. The van der Waals surface area contributed by atoms with Crippen molar-refractivity contribution in [1.29, 1.82) is 0 Å². The van der Waals surface area contributed by atoms with E-state index in [1.807, 2.05) is 24.3 Å². The molecule has 2 rings (SSSR count). The van der Waals surface area contributed by atoms with Gasteiger partial charge in [-0.15, -0.1) is 0 Å². The number of aromatic amines is 1. The first-order valence-corrected chi connectivity index (χ1v) is 4.56. The van der Waals surface area contributed by atoms with Crippen LogP contribution in [0, 0.1) is 0 Å². The molecule has 62 valence electrons. The first kappa shape index (κ1) is 7.52. The van der Waals surface area contributed by atoms with E-state index in [1.54, 1.807) is 6.20 Å². The van der Waals surface area contributed by atoms with Crippen molar-refractivity contribution in [2.24, 2.45) is 0 Å². The van der Waals surface area contributed by atoms with Crippen molar-refractivity contribution in [3.63, 3.8) is 0 Å². The maximum absolute atomic E-state index is 10.8. The average molecular weight is 181 g/mol. The third-order valence-electron chi connectivity index (χ3n) is 1.74. The molecule has 1 unspecified atom stereocenters. The highest BCUT2D eigenvalue weighted by Gasteiger charge is 2.06. The van der Waals surface area contributed by atoms with Gasteiger partial charge in [-0.2, -0.15) is 0 Å². The first-order chi connectivity index (χ1) is 5.79. The maximum Gasteiger partial charge on any atom is 0.188 e. The summed E-state index contributed by atoms with van der Waals surface area (Å²) in [6.45, 7) is 0. The van der Waals surface area contributed by atoms with Crippen LogP contribution in [-0.4, -0.2) is 13.7 Å². The van der Waals surface area contributed by atoms with Crippen molar-refractivity contribution < 1.29 is 8.76 Å². The van der Waals surface area contributed by atoms with E-state index in [2.05, 4.69) is 4.98 Å². The van der Waals surface area contributed by atoms with Gasteiger partial charge in [-0.1, -0.05) is 18.2 Å². The number of fused-ring (bicyclic) bond motifs is 1. The largest absolute Gasteiger partial charge is 0.360 e. The van der Waals surface area contributed by atoms with E-state index in [-0.39, 0.29) is 0 Å². The fourth-order valence-corrected chi connectivity index (χ4v) is 1.72. The van der Waals surface area contributed by atoms with Gasteiger partial charge in [-0.3, -0.25) is 0 Å². The number of nitrogens with one attached hydrogen (secondary N) is 1. The van der Waals surface area contributed by atoms with Gasteiger partial charge in [-0.25, -0.2) is 4.21 Å². The third-order valence-corrected chi connectivity index (χ3v) is 2.45. The van der Waals surface area contributed by atoms with E-state index >= 15 is 0 Å². The lowest BCUT2D eigenvalue weighted by atomic mass is 10.2. The summed E-state index contributed by atoms with van der Waals surface area (Å²) < 4.78 is 19.6. The van der Waals surface area contributed by atoms with Crippen LogP contribution in [0.3, 0.4) is 0 Å². The van der Waals surface area contributed by atoms with Crippen LogP contribution in [0.1, 0.15) is 0 Å². The van der Waals surface area contributed by atoms with Crippen LogP contribution >= 0.6 is 0 Å². The lowest BCUT2D eigenvalue weighted by molar-refractivity contribution is 0.565. The molecule has 0 radical (unpaired) electrons. The minimum atomic E-state index is -1.90. The molecule has 12 heavy (non-hydrogen) atoms. The topological polar surface area (TPSA) is 53.1 Å². The van der Waals surface area contributed by atoms with Crippen LogP contribution in [0.15, 0.2) is 35.4 Å². The molecule has 3 nitrogen and oxygen atoms in total. The fraction of sp³-hybridized carbons (Fsp3) is 0. The number of aromatic nitrogens is 1. The van der Waals surface area contributed by atoms with Crippen molar-refractivity contribution in [3.8, 4) is 0 Å². The van der Waals surface area contributed by atoms with E-state index in [0.717, 1.165) is 10.9 Å². The summed E-state index contributed by atoms with van der Waals surface area (Å²) in [6.07, 6.45) is 1.56. The Labute approximate surface area is 71.7 Å². The molecule has 1 atom stereocenters. The van der Waals surface area contributed by atoms with Gasteiger partial charge in [0.25, 0.3) is 0 Å². The number of H-pyrrole nitrogens is 1. The van der Waals surface area contributed by atoms with E-state index < -0.39 is 11.1 Å². The van der Waals surface area contributed by atoms with Crippen molar-refractivity contribution in [2.45, 2.75) is 4.90 Å². The molecule has 0 aliphatic heterocycles. The highest BCUT2D eigenvalue weighted by atomic mass is 32.2. The highest BCUT2D eigenvalue weighted by molar-refractivity contribution is 7.79. The lowest BCUT2D eigenvalue weighted by Crippen LogP contribution is -1.84. The predicted octanol–water partition coefficient (Wildman–Crippen LogP) is 1.75. The normalized spacial score (nSPS) is 13.4. The average Bonchev–Trinajstić information content (AvgIpc) is 2.47. The number of hydrogen-bond acceptors (Lipinski definition) is 1. The zero-order valence-corrected chi connectivity index (χ0v) is 6.97. The van der Waals surface area contributed by atoms with E-state index in [0.29, 0.717) is 4.90 Å². The zero-order chi connectivity index (χ0) is 8.55. The fourth-order valence-electron chi connectivity index (χ4n) is 1.19. The summed E-state index contributed by atoms with van der Waals surface area (Å²) in [4.78, 5) is 3.35. The molecular weight excluding hydrogens is 174 g/mol. The van der Waals surface area contributed by atoms with Crippen molar-refractivity contribution in [1.82, 2.24) is 4.98 Å². The van der Waals surface area contributed by atoms with E-state index in [1.165, 1.54) is 0 Å². The van der Waals surface area contributed by atoms with E-state index in [9.17, 15) is 4.21 Å². The Bertz CT molecular complexity index is 435. The molecule has 1 aromatic carbocycles. The van der Waals surface area contributed by atoms with Crippen LogP contribution in [0.25, 0.3) is 10.9 Å². The van der Waals surface area contributed by atoms with Gasteiger partial charge in [0.15, 0.2) is 11.1 Å². The Morgan fingerprint density at radius 2 is 2.08 bits per heavy atom. The minimum absolute atomic E-state index is 0.436. The molecule has 0 saturated carbocycles. The summed E-state index contributed by atoms with van der Waals surface area (Å²) in [6, 6.07) is 7.40. The molecular formula is C8H7NO2S. The molecule has 2 N–H and O–H groups in total. The Kier molecular flexibility index (Phi) is 1.71. The summed E-state index contributed by atoms with van der Waals surface area (Å²) in [5.74, 6) is 0. The van der Waals surface area contributed by atoms with Crippen LogP contribution < -0.4 is 0 Å². The van der Waals surface area contributed by atoms with Crippen molar-refractivity contribution in [2.75, 3.05) is 0 Å². The second-order valence-corrected chi connectivity index (χ2v) is 3.39. The van der Waals surface area contributed by atoms with Gasteiger partial charge in [0.05, 0.1) is 4.90 Å². The molecule has 2 aromatic rings. The van der Waals surface area contributed by atoms with Gasteiger partial charge >= 0.3 is 0 Å². The third kappa shape index (κ3) is 1.05. The quantitative estimate of drug-likeness (QED) is 0.658. The zero-order valence-electron chi connectivity index (χ0n) is 6.15. The Morgan fingerprint density at radius 1 is 1.33 bits per heavy atom. The Morgan fingerprint density at radius 3 is 2.83 bits per heavy atom. The number of rotatable bonds is 1. The highest BCUT2D eigenvalue weighted by Crippen LogP contribution is 2.19. The van der Waals surface area contributed by atoms with E-state index in [4.69, 9.17) is 4.55 Å². The van der Waals surface area contributed by atoms with Crippen LogP contribution in [0.4, 0.5) is 0 Å². The molecule has 1 heterocycles. The maximum atomic E-state index is 10.8. The molecule has 4 heteroatoms. The molecule has 0 spiro atoms. The lowest BCUT2D eigenvalue weighted by Gasteiger charge is -1.90. The van der Waals surface area contributed by atoms with Gasteiger partial charge in [0.1, 0.15) is 0 Å². The number of para-hydroxylation sites is 1. The van der Waals surface area contributed by atoms with Crippen molar-refractivity contribution in [3.05, 3.63) is 30.5 Å². The van der Waals surface area contributed by atoms with Gasteiger partial charge in [0, 0.05) is 17.1 Å². The molecule has 0 saturated heterocycles. The van der Waals surface area contributed by atoms with Crippen LogP contribution in [-0.2, 0) is 11.1 Å². The standard InChI is InChI=1S/C8H7NO2S/c10-12(11)8-5-9-7-4-2-1-3-6(7)8/h1-5,9H,(H,10,11). The minimum Gasteiger partial charge on any atom is -0.360 e. The Balaban J connectivity index is 2.79. The molecule has 0 bridgehead atoms. The molecule has 0 fully saturated rings. The smallest absolute Gasteiger partial charge is 0.188 e. The monoisotopic (exact) mass is 181 g/mol. The van der Waals surface area contributed by atoms with Crippen molar-refractivity contribution >= 4 is 22.0 Å². The molecule has 0 amide bonds. The molecule has 1 aromatic heterocycles. The van der Waals surface area contributed by atoms with Gasteiger partial charge in [0.2, 0.25) is 0 Å². The summed E-state index contributed by atoms with van der Waals surface area (Å²) in [7, 11) is 0. The second-order valence-electron chi connectivity index (χ2n) is 2.45. The van der Waals surface area contributed by atoms with Crippen LogP contribution in [0.2, 0.25) is 0 Å².